The first-order chi connectivity index (χ1) is 10.1. The van der Waals surface area contributed by atoms with Crippen LogP contribution in [0.15, 0.2) is 18.2 Å². The Kier molecular flexibility index (Phi) is 5.76. The number of carbonyl (C=O) groups excluding carboxylic acids is 1. The van der Waals surface area contributed by atoms with Gasteiger partial charge in [-0.05, 0) is 50.8 Å². The molecule has 21 heavy (non-hydrogen) atoms. The number of para-hydroxylation sites is 1. The smallest absolute Gasteiger partial charge is 0.224 e. The van der Waals surface area contributed by atoms with Crippen molar-refractivity contribution in [1.29, 1.82) is 0 Å². The SMILES string of the molecule is Cc1cccc(C)c1NC(=O)CCCN(CCO)C1CC1. The summed E-state index contributed by atoms with van der Waals surface area (Å²) in [6.45, 7) is 5.84. The zero-order valence-electron chi connectivity index (χ0n) is 13.1. The number of benzene rings is 1. The molecule has 1 saturated carbocycles. The fraction of sp³-hybridized carbons (Fsp3) is 0.588. The number of nitrogens with zero attached hydrogens (tertiary/aromatic N) is 1. The van der Waals surface area contributed by atoms with E-state index in [2.05, 4.69) is 10.2 Å². The standard InChI is InChI=1S/C17H26N2O2/c1-13-5-3-6-14(2)17(13)18-16(21)7-4-10-19(11-12-20)15-8-9-15/h3,5-6,15,20H,4,7-12H2,1-2H3,(H,18,21). The van der Waals surface area contributed by atoms with Crippen molar-refractivity contribution in [1.82, 2.24) is 4.90 Å². The molecule has 0 heterocycles. The van der Waals surface area contributed by atoms with Gasteiger partial charge in [0.2, 0.25) is 5.91 Å². The molecule has 4 nitrogen and oxygen atoms in total. The third-order valence-electron chi connectivity index (χ3n) is 4.05. The van der Waals surface area contributed by atoms with E-state index in [1.807, 2.05) is 32.0 Å². The molecular formula is C17H26N2O2. The van der Waals surface area contributed by atoms with Gasteiger partial charge in [0.05, 0.1) is 6.61 Å². The normalized spacial score (nSPS) is 14.5. The van der Waals surface area contributed by atoms with Gasteiger partial charge < -0.3 is 10.4 Å². The number of hydrogen-bond acceptors (Lipinski definition) is 3. The first-order valence-corrected chi connectivity index (χ1v) is 7.83. The minimum atomic E-state index is 0.0761. The molecule has 0 saturated heterocycles. The third-order valence-corrected chi connectivity index (χ3v) is 4.05. The molecular weight excluding hydrogens is 264 g/mol. The van der Waals surface area contributed by atoms with Gasteiger partial charge >= 0.3 is 0 Å². The van der Waals surface area contributed by atoms with Gasteiger partial charge in [0.1, 0.15) is 0 Å². The van der Waals surface area contributed by atoms with E-state index < -0.39 is 0 Å². The highest BCUT2D eigenvalue weighted by Crippen LogP contribution is 2.26. The molecule has 4 heteroatoms. The predicted octanol–water partition coefficient (Wildman–Crippen LogP) is 2.48. The van der Waals surface area contributed by atoms with Crippen LogP contribution in [0.2, 0.25) is 0 Å². The lowest BCUT2D eigenvalue weighted by Crippen LogP contribution is -2.30. The van der Waals surface area contributed by atoms with Crippen LogP contribution >= 0.6 is 0 Å². The molecule has 0 atom stereocenters. The lowest BCUT2D eigenvalue weighted by Gasteiger charge is -2.20. The Morgan fingerprint density at radius 3 is 2.52 bits per heavy atom. The highest BCUT2D eigenvalue weighted by Gasteiger charge is 2.27. The van der Waals surface area contributed by atoms with Crippen molar-refractivity contribution in [2.45, 2.75) is 45.6 Å². The molecule has 1 amide bonds. The molecule has 0 unspecified atom stereocenters. The van der Waals surface area contributed by atoms with Crippen molar-refractivity contribution in [3.05, 3.63) is 29.3 Å². The summed E-state index contributed by atoms with van der Waals surface area (Å²) in [5, 5.41) is 12.1. The quantitative estimate of drug-likeness (QED) is 0.773. The predicted molar refractivity (Wildman–Crippen MR) is 85.5 cm³/mol. The first kappa shape index (κ1) is 16.0. The van der Waals surface area contributed by atoms with E-state index in [1.54, 1.807) is 0 Å². The Morgan fingerprint density at radius 2 is 1.95 bits per heavy atom. The molecule has 0 bridgehead atoms. The van der Waals surface area contributed by atoms with Crippen LogP contribution in [-0.4, -0.2) is 41.7 Å². The molecule has 0 spiro atoms. The molecule has 1 aliphatic rings. The summed E-state index contributed by atoms with van der Waals surface area (Å²) in [5.74, 6) is 0.0761. The Balaban J connectivity index is 1.77. The van der Waals surface area contributed by atoms with Gasteiger partial charge in [-0.2, -0.15) is 0 Å². The van der Waals surface area contributed by atoms with Crippen LogP contribution in [-0.2, 0) is 4.79 Å². The van der Waals surface area contributed by atoms with Crippen molar-refractivity contribution in [2.75, 3.05) is 25.0 Å². The van der Waals surface area contributed by atoms with Crippen molar-refractivity contribution >= 4 is 11.6 Å². The van der Waals surface area contributed by atoms with Gasteiger partial charge in [0, 0.05) is 24.7 Å². The van der Waals surface area contributed by atoms with Crippen LogP contribution in [0.5, 0.6) is 0 Å². The van der Waals surface area contributed by atoms with E-state index in [9.17, 15) is 4.79 Å². The summed E-state index contributed by atoms with van der Waals surface area (Å²) < 4.78 is 0. The van der Waals surface area contributed by atoms with Gasteiger partial charge in [-0.15, -0.1) is 0 Å². The second-order valence-electron chi connectivity index (χ2n) is 5.91. The minimum Gasteiger partial charge on any atom is -0.395 e. The van der Waals surface area contributed by atoms with E-state index >= 15 is 0 Å². The fourth-order valence-corrected chi connectivity index (χ4v) is 2.70. The molecule has 1 aromatic rings. The number of nitrogens with one attached hydrogen (secondary N) is 1. The van der Waals surface area contributed by atoms with E-state index in [-0.39, 0.29) is 12.5 Å². The van der Waals surface area contributed by atoms with E-state index in [4.69, 9.17) is 5.11 Å². The first-order valence-electron chi connectivity index (χ1n) is 7.83. The van der Waals surface area contributed by atoms with E-state index in [1.165, 1.54) is 12.8 Å². The van der Waals surface area contributed by atoms with Gasteiger partial charge in [-0.25, -0.2) is 0 Å². The Morgan fingerprint density at radius 1 is 1.29 bits per heavy atom. The number of rotatable bonds is 8. The summed E-state index contributed by atoms with van der Waals surface area (Å²) in [5.41, 5.74) is 3.14. The maximum atomic E-state index is 12.1. The molecule has 0 aliphatic heterocycles. The maximum Gasteiger partial charge on any atom is 0.224 e. The summed E-state index contributed by atoms with van der Waals surface area (Å²) in [4.78, 5) is 14.4. The molecule has 2 rings (SSSR count). The Hall–Kier alpha value is -1.39. The number of anilines is 1. The van der Waals surface area contributed by atoms with Crippen LogP contribution in [0.3, 0.4) is 0 Å². The summed E-state index contributed by atoms with van der Waals surface area (Å²) >= 11 is 0. The molecule has 0 radical (unpaired) electrons. The van der Waals surface area contributed by atoms with Gasteiger partial charge in [-0.3, -0.25) is 9.69 Å². The van der Waals surface area contributed by atoms with Crippen LogP contribution in [0.4, 0.5) is 5.69 Å². The number of carbonyl (C=O) groups is 1. The number of aliphatic hydroxyl groups excluding tert-OH is 1. The zero-order chi connectivity index (χ0) is 15.2. The second kappa shape index (κ2) is 7.57. The maximum absolute atomic E-state index is 12.1. The topological polar surface area (TPSA) is 52.6 Å². The molecule has 1 aliphatic carbocycles. The highest BCUT2D eigenvalue weighted by atomic mass is 16.3. The Bertz CT molecular complexity index is 463. The van der Waals surface area contributed by atoms with Gasteiger partial charge in [0.25, 0.3) is 0 Å². The number of amides is 1. The van der Waals surface area contributed by atoms with Crippen LogP contribution < -0.4 is 5.32 Å². The van der Waals surface area contributed by atoms with E-state index in [0.717, 1.165) is 36.3 Å². The Labute approximate surface area is 127 Å². The number of aliphatic hydroxyl groups is 1. The van der Waals surface area contributed by atoms with Crippen LogP contribution in [0.1, 0.15) is 36.8 Å². The van der Waals surface area contributed by atoms with Crippen molar-refractivity contribution < 1.29 is 9.90 Å². The summed E-state index contributed by atoms with van der Waals surface area (Å²) in [6, 6.07) is 6.67. The molecule has 1 fully saturated rings. The molecule has 2 N–H and O–H groups in total. The lowest BCUT2D eigenvalue weighted by atomic mass is 10.1. The molecule has 116 valence electrons. The van der Waals surface area contributed by atoms with Gasteiger partial charge in [0.15, 0.2) is 0 Å². The largest absolute Gasteiger partial charge is 0.395 e. The second-order valence-corrected chi connectivity index (χ2v) is 5.91. The number of aryl methyl sites for hydroxylation is 2. The average molecular weight is 290 g/mol. The summed E-state index contributed by atoms with van der Waals surface area (Å²) in [7, 11) is 0. The van der Waals surface area contributed by atoms with Crippen LogP contribution in [0, 0.1) is 13.8 Å². The minimum absolute atomic E-state index is 0.0761. The highest BCUT2D eigenvalue weighted by molar-refractivity contribution is 5.92. The van der Waals surface area contributed by atoms with Crippen LogP contribution in [0.25, 0.3) is 0 Å². The van der Waals surface area contributed by atoms with Crippen molar-refractivity contribution in [3.63, 3.8) is 0 Å². The lowest BCUT2D eigenvalue weighted by molar-refractivity contribution is -0.116. The summed E-state index contributed by atoms with van der Waals surface area (Å²) in [6.07, 6.45) is 3.83. The molecule has 1 aromatic carbocycles. The zero-order valence-corrected chi connectivity index (χ0v) is 13.1. The van der Waals surface area contributed by atoms with Crippen molar-refractivity contribution in [3.8, 4) is 0 Å². The van der Waals surface area contributed by atoms with E-state index in [0.29, 0.717) is 12.5 Å². The number of hydrogen-bond donors (Lipinski definition) is 2. The fourth-order valence-electron chi connectivity index (χ4n) is 2.70. The average Bonchev–Trinajstić information content (AvgIpc) is 3.27. The monoisotopic (exact) mass is 290 g/mol. The third kappa shape index (κ3) is 4.83. The van der Waals surface area contributed by atoms with Gasteiger partial charge in [-0.1, -0.05) is 18.2 Å². The molecule has 0 aromatic heterocycles. The van der Waals surface area contributed by atoms with Crippen molar-refractivity contribution in [2.24, 2.45) is 0 Å².